The van der Waals surface area contributed by atoms with Crippen LogP contribution in [0, 0.1) is 5.92 Å². The molecule has 0 unspecified atom stereocenters. The van der Waals surface area contributed by atoms with Gasteiger partial charge in [-0.1, -0.05) is 0 Å². The first-order valence-corrected chi connectivity index (χ1v) is 5.15. The van der Waals surface area contributed by atoms with Crippen molar-refractivity contribution >= 4 is 12.4 Å². The number of hydrogen-bond donors (Lipinski definition) is 2. The maximum Gasteiger partial charge on any atom is 0.306 e. The van der Waals surface area contributed by atoms with Gasteiger partial charge in [0.2, 0.25) is 6.41 Å². The number of carboxylic acid groups (broad SMARTS) is 1. The van der Waals surface area contributed by atoms with Crippen LogP contribution in [0.2, 0.25) is 0 Å². The quantitative estimate of drug-likeness (QED) is 0.520. The topological polar surface area (TPSA) is 69.6 Å². The highest BCUT2D eigenvalue weighted by molar-refractivity contribution is 5.70. The van der Waals surface area contributed by atoms with E-state index in [0.717, 1.165) is 6.41 Å². The Morgan fingerprint density at radius 1 is 1.53 bits per heavy atom. The van der Waals surface area contributed by atoms with Gasteiger partial charge >= 0.3 is 5.97 Å². The molecule has 15 heavy (non-hydrogen) atoms. The molecule has 1 rings (SSSR count). The van der Waals surface area contributed by atoms with Crippen LogP contribution in [-0.4, -0.2) is 42.1 Å². The highest BCUT2D eigenvalue weighted by Crippen LogP contribution is 2.33. The number of carbonyl (C=O) groups is 2. The van der Waals surface area contributed by atoms with E-state index >= 15 is 0 Å². The Morgan fingerprint density at radius 2 is 2.07 bits per heavy atom. The Hall–Kier alpha value is -1.10. The summed E-state index contributed by atoms with van der Waals surface area (Å²) < 4.78 is 0. The second-order valence-electron chi connectivity index (χ2n) is 4.11. The number of aliphatic carboxylic acids is 1. The maximum absolute atomic E-state index is 10.8. The molecule has 1 aliphatic rings. The van der Waals surface area contributed by atoms with Gasteiger partial charge in [-0.25, -0.2) is 0 Å². The third-order valence-electron chi connectivity index (χ3n) is 3.46. The number of carbonyl (C=O) groups excluding carboxylic acids is 1. The molecule has 86 valence electrons. The fourth-order valence-corrected chi connectivity index (χ4v) is 2.22. The van der Waals surface area contributed by atoms with Crippen LogP contribution in [0.25, 0.3) is 0 Å². The fraction of sp³-hybridized carbons (Fsp3) is 0.800. The van der Waals surface area contributed by atoms with E-state index in [1.165, 1.54) is 0 Å². The van der Waals surface area contributed by atoms with Crippen LogP contribution in [-0.2, 0) is 9.59 Å². The van der Waals surface area contributed by atoms with Gasteiger partial charge in [-0.05, 0) is 32.7 Å². The normalized spacial score (nSPS) is 30.9. The molecular formula is C10H18N2O3. The molecule has 0 saturated heterocycles. The summed E-state index contributed by atoms with van der Waals surface area (Å²) in [4.78, 5) is 23.1. The summed E-state index contributed by atoms with van der Waals surface area (Å²) in [5.74, 6) is -0.986. The van der Waals surface area contributed by atoms with E-state index in [9.17, 15) is 9.59 Å². The fourth-order valence-electron chi connectivity index (χ4n) is 2.22. The van der Waals surface area contributed by atoms with Crippen molar-refractivity contribution in [3.8, 4) is 0 Å². The van der Waals surface area contributed by atoms with Crippen LogP contribution >= 0.6 is 0 Å². The summed E-state index contributed by atoms with van der Waals surface area (Å²) in [6.45, 7) is 0. The van der Waals surface area contributed by atoms with Crippen LogP contribution in [0.3, 0.4) is 0 Å². The Morgan fingerprint density at radius 3 is 2.40 bits per heavy atom. The Kier molecular flexibility index (Phi) is 3.68. The molecular weight excluding hydrogens is 196 g/mol. The van der Waals surface area contributed by atoms with Crippen molar-refractivity contribution < 1.29 is 14.7 Å². The zero-order valence-corrected chi connectivity index (χ0v) is 9.19. The number of amides is 1. The molecule has 0 aliphatic heterocycles. The number of rotatable bonds is 4. The molecule has 0 aromatic carbocycles. The standard InChI is InChI=1S/C10H18N2O3/c1-11-10(12(2)7-13)5-3-8(4-6-10)9(14)15/h7-8,11H,3-6H2,1-2H3,(H,14,15). The summed E-state index contributed by atoms with van der Waals surface area (Å²) in [5.41, 5.74) is -0.353. The molecule has 0 aromatic rings. The molecule has 0 radical (unpaired) electrons. The van der Waals surface area contributed by atoms with Crippen LogP contribution in [0.4, 0.5) is 0 Å². The molecule has 0 spiro atoms. The number of carboxylic acids is 1. The lowest BCUT2D eigenvalue weighted by atomic mass is 9.81. The van der Waals surface area contributed by atoms with Gasteiger partial charge in [0.25, 0.3) is 0 Å². The zero-order valence-electron chi connectivity index (χ0n) is 9.19. The SMILES string of the molecule is CNC1(N(C)C=O)CCC(C(=O)O)CC1. The van der Waals surface area contributed by atoms with E-state index in [2.05, 4.69) is 5.32 Å². The largest absolute Gasteiger partial charge is 0.481 e. The number of nitrogens with zero attached hydrogens (tertiary/aromatic N) is 1. The molecule has 0 aromatic heterocycles. The molecule has 1 saturated carbocycles. The third-order valence-corrected chi connectivity index (χ3v) is 3.46. The minimum atomic E-state index is -0.728. The van der Waals surface area contributed by atoms with Gasteiger partial charge in [-0.3, -0.25) is 14.9 Å². The van der Waals surface area contributed by atoms with Crippen LogP contribution < -0.4 is 5.32 Å². The number of hydrogen-bond acceptors (Lipinski definition) is 3. The zero-order chi connectivity index (χ0) is 11.5. The summed E-state index contributed by atoms with van der Waals surface area (Å²) in [6.07, 6.45) is 3.41. The Balaban J connectivity index is 2.66. The molecule has 5 nitrogen and oxygen atoms in total. The molecule has 0 heterocycles. The second kappa shape index (κ2) is 4.61. The van der Waals surface area contributed by atoms with Crippen molar-refractivity contribution in [1.29, 1.82) is 0 Å². The first-order chi connectivity index (χ1) is 7.05. The monoisotopic (exact) mass is 214 g/mol. The summed E-state index contributed by atoms with van der Waals surface area (Å²) in [5, 5.41) is 12.0. The molecule has 1 amide bonds. The van der Waals surface area contributed by atoms with E-state index in [0.29, 0.717) is 25.7 Å². The van der Waals surface area contributed by atoms with E-state index in [-0.39, 0.29) is 11.6 Å². The molecule has 0 atom stereocenters. The highest BCUT2D eigenvalue weighted by Gasteiger charge is 2.38. The second-order valence-corrected chi connectivity index (χ2v) is 4.11. The van der Waals surface area contributed by atoms with Gasteiger partial charge in [-0.2, -0.15) is 0 Å². The lowest BCUT2D eigenvalue weighted by molar-refractivity contribution is -0.144. The molecule has 1 fully saturated rings. The Labute approximate surface area is 89.4 Å². The first-order valence-electron chi connectivity index (χ1n) is 5.15. The molecule has 5 heteroatoms. The highest BCUT2D eigenvalue weighted by atomic mass is 16.4. The van der Waals surface area contributed by atoms with E-state index in [4.69, 9.17) is 5.11 Å². The van der Waals surface area contributed by atoms with Crippen molar-refractivity contribution in [2.75, 3.05) is 14.1 Å². The minimum Gasteiger partial charge on any atom is -0.481 e. The van der Waals surface area contributed by atoms with Gasteiger partial charge in [0.15, 0.2) is 0 Å². The average molecular weight is 214 g/mol. The number of nitrogens with one attached hydrogen (secondary N) is 1. The lowest BCUT2D eigenvalue weighted by Gasteiger charge is -2.44. The lowest BCUT2D eigenvalue weighted by Crippen LogP contribution is -2.57. The van der Waals surface area contributed by atoms with Crippen molar-refractivity contribution in [1.82, 2.24) is 10.2 Å². The van der Waals surface area contributed by atoms with Crippen molar-refractivity contribution in [2.45, 2.75) is 31.3 Å². The predicted octanol–water partition coefficient (Wildman–Crippen LogP) is 0.265. The summed E-state index contributed by atoms with van der Waals surface area (Å²) in [6, 6.07) is 0. The van der Waals surface area contributed by atoms with Gasteiger partial charge < -0.3 is 10.0 Å². The van der Waals surface area contributed by atoms with Gasteiger partial charge in [0, 0.05) is 7.05 Å². The average Bonchev–Trinajstić information content (AvgIpc) is 2.27. The van der Waals surface area contributed by atoms with Gasteiger partial charge in [-0.15, -0.1) is 0 Å². The minimum absolute atomic E-state index is 0.258. The molecule has 1 aliphatic carbocycles. The van der Waals surface area contributed by atoms with Crippen molar-refractivity contribution in [3.63, 3.8) is 0 Å². The third kappa shape index (κ3) is 2.28. The first kappa shape index (κ1) is 12.0. The van der Waals surface area contributed by atoms with Gasteiger partial charge in [0.05, 0.1) is 11.6 Å². The Bertz CT molecular complexity index is 247. The van der Waals surface area contributed by atoms with Crippen LogP contribution in [0.1, 0.15) is 25.7 Å². The van der Waals surface area contributed by atoms with Crippen molar-refractivity contribution in [3.05, 3.63) is 0 Å². The summed E-state index contributed by atoms with van der Waals surface area (Å²) in [7, 11) is 3.53. The van der Waals surface area contributed by atoms with E-state index in [1.807, 2.05) is 0 Å². The summed E-state index contributed by atoms with van der Waals surface area (Å²) >= 11 is 0. The van der Waals surface area contributed by atoms with Crippen molar-refractivity contribution in [2.24, 2.45) is 5.92 Å². The smallest absolute Gasteiger partial charge is 0.306 e. The predicted molar refractivity (Wildman–Crippen MR) is 55.2 cm³/mol. The van der Waals surface area contributed by atoms with E-state index in [1.54, 1.807) is 19.0 Å². The maximum atomic E-state index is 10.8. The van der Waals surface area contributed by atoms with Crippen LogP contribution in [0.15, 0.2) is 0 Å². The van der Waals surface area contributed by atoms with Gasteiger partial charge in [0.1, 0.15) is 0 Å². The molecule has 2 N–H and O–H groups in total. The van der Waals surface area contributed by atoms with Crippen LogP contribution in [0.5, 0.6) is 0 Å². The van der Waals surface area contributed by atoms with E-state index < -0.39 is 5.97 Å². The molecule has 0 bridgehead atoms.